The molecule has 2 aromatic carbocycles. The predicted octanol–water partition coefficient (Wildman–Crippen LogP) is 3.60. The summed E-state index contributed by atoms with van der Waals surface area (Å²) >= 11 is 0. The maximum atomic E-state index is 6.68. The number of nitrogens with two attached hydrogens (primary N) is 1. The Hall–Kier alpha value is -1.72. The van der Waals surface area contributed by atoms with Crippen molar-refractivity contribution in [3.8, 4) is 0 Å². The smallest absolute Gasteiger partial charge is 0.163 e. The minimum atomic E-state index is -0.680. The van der Waals surface area contributed by atoms with Gasteiger partial charge in [0.25, 0.3) is 0 Å². The summed E-state index contributed by atoms with van der Waals surface area (Å²) in [6.45, 7) is 6.79. The summed E-state index contributed by atoms with van der Waals surface area (Å²) in [5.74, 6) is -0.680. The molecule has 134 valence electrons. The Labute approximate surface area is 149 Å². The number of hydrogen-bond acceptors (Lipinski definition) is 4. The van der Waals surface area contributed by atoms with Crippen molar-refractivity contribution in [3.63, 3.8) is 0 Å². The molecule has 3 rings (SSSR count). The van der Waals surface area contributed by atoms with Crippen molar-refractivity contribution in [1.29, 1.82) is 0 Å². The van der Waals surface area contributed by atoms with E-state index < -0.39 is 11.3 Å². The second-order valence-electron chi connectivity index (χ2n) is 7.24. The minimum absolute atomic E-state index is 0.228. The maximum Gasteiger partial charge on any atom is 0.163 e. The van der Waals surface area contributed by atoms with Crippen LogP contribution in [0.15, 0.2) is 60.7 Å². The Morgan fingerprint density at radius 1 is 1.00 bits per heavy atom. The second kappa shape index (κ2) is 7.26. The summed E-state index contributed by atoms with van der Waals surface area (Å²) in [4.78, 5) is 0. The predicted molar refractivity (Wildman–Crippen MR) is 97.9 cm³/mol. The largest absolute Gasteiger partial charge is 0.374 e. The second-order valence-corrected chi connectivity index (χ2v) is 7.24. The van der Waals surface area contributed by atoms with Crippen LogP contribution in [0.5, 0.6) is 0 Å². The van der Waals surface area contributed by atoms with Gasteiger partial charge < -0.3 is 19.9 Å². The van der Waals surface area contributed by atoms with Gasteiger partial charge in [-0.1, -0.05) is 60.7 Å². The Morgan fingerprint density at radius 3 is 2.24 bits per heavy atom. The molecule has 0 saturated carbocycles. The van der Waals surface area contributed by atoms with Gasteiger partial charge in [-0.3, -0.25) is 0 Å². The van der Waals surface area contributed by atoms with Gasteiger partial charge in [0.1, 0.15) is 12.2 Å². The summed E-state index contributed by atoms with van der Waals surface area (Å²) in [6.07, 6.45) is -0.519. The van der Waals surface area contributed by atoms with E-state index in [1.54, 1.807) is 0 Å². The fourth-order valence-electron chi connectivity index (χ4n) is 3.29. The molecule has 4 heteroatoms. The summed E-state index contributed by atoms with van der Waals surface area (Å²) in [5, 5.41) is 0. The lowest BCUT2D eigenvalue weighted by atomic mass is 9.85. The highest BCUT2D eigenvalue weighted by Crippen LogP contribution is 2.37. The molecule has 0 radical (unpaired) electrons. The lowest BCUT2D eigenvalue weighted by Crippen LogP contribution is -2.51. The van der Waals surface area contributed by atoms with Crippen molar-refractivity contribution in [2.45, 2.75) is 50.9 Å². The fraction of sp³-hybridized carbons (Fsp3) is 0.429. The SMILES string of the molecule is CC1(C)O[C@@H](COCc2ccccc2)[C@H]([C@@](C)(N)c2ccccc2)O1. The Morgan fingerprint density at radius 2 is 1.60 bits per heavy atom. The van der Waals surface area contributed by atoms with Crippen LogP contribution in [0.3, 0.4) is 0 Å². The van der Waals surface area contributed by atoms with Crippen molar-refractivity contribution >= 4 is 0 Å². The Balaban J connectivity index is 1.70. The lowest BCUT2D eigenvalue weighted by Gasteiger charge is -2.34. The molecule has 25 heavy (non-hydrogen) atoms. The maximum absolute atomic E-state index is 6.68. The number of rotatable bonds is 6. The van der Waals surface area contributed by atoms with Crippen LogP contribution >= 0.6 is 0 Å². The van der Waals surface area contributed by atoms with Crippen LogP contribution in [0.25, 0.3) is 0 Å². The van der Waals surface area contributed by atoms with Crippen LogP contribution < -0.4 is 5.73 Å². The third-order valence-corrected chi connectivity index (χ3v) is 4.56. The van der Waals surface area contributed by atoms with E-state index in [2.05, 4.69) is 0 Å². The molecular formula is C21H27NO3. The quantitative estimate of drug-likeness (QED) is 0.872. The third-order valence-electron chi connectivity index (χ3n) is 4.56. The first-order valence-corrected chi connectivity index (χ1v) is 8.70. The van der Waals surface area contributed by atoms with Gasteiger partial charge in [0, 0.05) is 0 Å². The van der Waals surface area contributed by atoms with Crippen molar-refractivity contribution in [1.82, 2.24) is 0 Å². The molecule has 1 fully saturated rings. The number of benzene rings is 2. The molecule has 3 atom stereocenters. The topological polar surface area (TPSA) is 53.7 Å². The van der Waals surface area contributed by atoms with E-state index >= 15 is 0 Å². The molecule has 1 heterocycles. The van der Waals surface area contributed by atoms with Gasteiger partial charge in [0.05, 0.1) is 18.8 Å². The molecule has 0 aromatic heterocycles. The van der Waals surface area contributed by atoms with Crippen molar-refractivity contribution in [2.24, 2.45) is 5.73 Å². The van der Waals surface area contributed by atoms with Gasteiger partial charge in [0.15, 0.2) is 5.79 Å². The number of ether oxygens (including phenoxy) is 3. The zero-order chi connectivity index (χ0) is 17.9. The zero-order valence-electron chi connectivity index (χ0n) is 15.1. The van der Waals surface area contributed by atoms with Gasteiger partial charge in [-0.2, -0.15) is 0 Å². The standard InChI is InChI=1S/C21H27NO3/c1-20(2)24-18(15-23-14-16-10-6-4-7-11-16)19(25-20)21(3,22)17-12-8-5-9-13-17/h4-13,18-19H,14-15,22H2,1-3H3/t18-,19+,21-/m0/s1. The van der Waals surface area contributed by atoms with Crippen molar-refractivity contribution in [3.05, 3.63) is 71.8 Å². The molecule has 0 bridgehead atoms. The van der Waals surface area contributed by atoms with E-state index in [0.29, 0.717) is 13.2 Å². The first kappa shape index (κ1) is 18.1. The normalized spacial score (nSPS) is 24.8. The molecule has 2 aromatic rings. The van der Waals surface area contributed by atoms with E-state index in [9.17, 15) is 0 Å². The molecule has 2 N–H and O–H groups in total. The Kier molecular flexibility index (Phi) is 5.25. The summed E-state index contributed by atoms with van der Waals surface area (Å²) in [5.41, 5.74) is 8.16. The Bertz CT molecular complexity index is 670. The summed E-state index contributed by atoms with van der Waals surface area (Å²) < 4.78 is 18.1. The zero-order valence-corrected chi connectivity index (χ0v) is 15.1. The van der Waals surface area contributed by atoms with Gasteiger partial charge in [-0.25, -0.2) is 0 Å². The van der Waals surface area contributed by atoms with E-state index in [-0.39, 0.29) is 12.2 Å². The fourth-order valence-corrected chi connectivity index (χ4v) is 3.29. The van der Waals surface area contributed by atoms with Crippen molar-refractivity contribution < 1.29 is 14.2 Å². The first-order chi connectivity index (χ1) is 11.9. The lowest BCUT2D eigenvalue weighted by molar-refractivity contribution is -0.155. The van der Waals surface area contributed by atoms with E-state index in [1.807, 2.05) is 81.4 Å². The highest BCUT2D eigenvalue weighted by molar-refractivity contribution is 5.26. The summed E-state index contributed by atoms with van der Waals surface area (Å²) in [7, 11) is 0. The van der Waals surface area contributed by atoms with Crippen LogP contribution in [-0.4, -0.2) is 24.6 Å². The minimum Gasteiger partial charge on any atom is -0.374 e. The molecule has 1 aliphatic rings. The molecule has 1 aliphatic heterocycles. The van der Waals surface area contributed by atoms with Gasteiger partial charge in [-0.05, 0) is 31.9 Å². The molecule has 4 nitrogen and oxygen atoms in total. The van der Waals surface area contributed by atoms with Gasteiger partial charge in [-0.15, -0.1) is 0 Å². The molecular weight excluding hydrogens is 314 g/mol. The van der Waals surface area contributed by atoms with E-state index in [0.717, 1.165) is 11.1 Å². The molecule has 0 spiro atoms. The first-order valence-electron chi connectivity index (χ1n) is 8.70. The molecule has 0 aliphatic carbocycles. The molecule has 0 unspecified atom stereocenters. The third kappa shape index (κ3) is 4.28. The van der Waals surface area contributed by atoms with Crippen LogP contribution in [0.2, 0.25) is 0 Å². The van der Waals surface area contributed by atoms with Crippen LogP contribution in [0.4, 0.5) is 0 Å². The van der Waals surface area contributed by atoms with Gasteiger partial charge in [0.2, 0.25) is 0 Å². The van der Waals surface area contributed by atoms with E-state index in [1.165, 1.54) is 0 Å². The van der Waals surface area contributed by atoms with Crippen LogP contribution in [0, 0.1) is 0 Å². The van der Waals surface area contributed by atoms with Crippen LogP contribution in [0.1, 0.15) is 31.9 Å². The van der Waals surface area contributed by atoms with E-state index in [4.69, 9.17) is 19.9 Å². The van der Waals surface area contributed by atoms with Crippen molar-refractivity contribution in [2.75, 3.05) is 6.61 Å². The highest BCUT2D eigenvalue weighted by atomic mass is 16.8. The highest BCUT2D eigenvalue weighted by Gasteiger charge is 2.49. The molecule has 0 amide bonds. The average molecular weight is 341 g/mol. The number of hydrogen-bond donors (Lipinski definition) is 1. The molecule has 1 saturated heterocycles. The average Bonchev–Trinajstić information content (AvgIpc) is 2.92. The van der Waals surface area contributed by atoms with Crippen LogP contribution in [-0.2, 0) is 26.4 Å². The summed E-state index contributed by atoms with van der Waals surface area (Å²) in [6, 6.07) is 20.1. The monoisotopic (exact) mass is 341 g/mol. The van der Waals surface area contributed by atoms with Gasteiger partial charge >= 0.3 is 0 Å².